The molecule has 0 spiro atoms. The number of benzene rings is 2. The number of amides is 1. The second-order valence-electron chi connectivity index (χ2n) is 6.11. The van der Waals surface area contributed by atoms with Crippen molar-refractivity contribution in [2.75, 3.05) is 5.32 Å². The van der Waals surface area contributed by atoms with Gasteiger partial charge in [-0.2, -0.15) is 26.3 Å². The quantitative estimate of drug-likeness (QED) is 0.484. The molecule has 2 aromatic carbocycles. The lowest BCUT2D eigenvalue weighted by Gasteiger charge is -2.09. The van der Waals surface area contributed by atoms with Crippen LogP contribution in [-0.2, 0) is 18.9 Å². The first-order chi connectivity index (χ1) is 14.0. The van der Waals surface area contributed by atoms with Crippen LogP contribution in [0, 0.1) is 0 Å². The van der Waals surface area contributed by atoms with Crippen molar-refractivity contribution in [3.05, 3.63) is 76.3 Å². The summed E-state index contributed by atoms with van der Waals surface area (Å²) in [6.45, 7) is -0.109. The van der Waals surface area contributed by atoms with Crippen molar-refractivity contribution in [1.82, 2.24) is 10.3 Å². The molecule has 1 amide bonds. The fourth-order valence-corrected chi connectivity index (χ4v) is 3.18. The molecule has 3 rings (SSSR count). The molecule has 0 saturated heterocycles. The largest absolute Gasteiger partial charge is 0.416 e. The van der Waals surface area contributed by atoms with Crippen molar-refractivity contribution in [3.63, 3.8) is 0 Å². The van der Waals surface area contributed by atoms with E-state index in [-0.39, 0.29) is 22.1 Å². The average Bonchev–Trinajstić information content (AvgIpc) is 3.14. The van der Waals surface area contributed by atoms with Crippen LogP contribution in [0.15, 0.2) is 54.7 Å². The second-order valence-corrected chi connectivity index (χ2v) is 7.14. The van der Waals surface area contributed by atoms with Crippen molar-refractivity contribution in [1.29, 1.82) is 0 Å². The maximum atomic E-state index is 12.7. The lowest BCUT2D eigenvalue weighted by atomic mass is 10.1. The third-order valence-corrected chi connectivity index (χ3v) is 4.81. The third kappa shape index (κ3) is 5.50. The fourth-order valence-electron chi connectivity index (χ4n) is 2.43. The molecule has 0 aliphatic rings. The molecule has 3 aromatic rings. The minimum absolute atomic E-state index is 0.109. The van der Waals surface area contributed by atoms with Crippen molar-refractivity contribution >= 4 is 28.1 Å². The Balaban J connectivity index is 1.60. The van der Waals surface area contributed by atoms with Crippen LogP contribution in [0.2, 0.25) is 0 Å². The van der Waals surface area contributed by atoms with Gasteiger partial charge < -0.3 is 10.6 Å². The Morgan fingerprint density at radius 2 is 1.60 bits per heavy atom. The SMILES string of the molecule is O=C(NCc1cccc(C(F)(F)F)c1)c1cnc(Nc2ccc(C(F)(F)F)cc2)s1. The Morgan fingerprint density at radius 1 is 0.933 bits per heavy atom. The Hall–Kier alpha value is -3.08. The van der Waals surface area contributed by atoms with E-state index in [0.29, 0.717) is 5.69 Å². The topological polar surface area (TPSA) is 54.0 Å². The molecule has 0 aliphatic carbocycles. The smallest absolute Gasteiger partial charge is 0.347 e. The predicted octanol–water partition coefficient (Wildman–Crippen LogP) is 5.85. The normalized spacial score (nSPS) is 11.9. The molecular weight excluding hydrogens is 432 g/mol. The molecular formula is C19H13F6N3OS. The van der Waals surface area contributed by atoms with Crippen LogP contribution in [-0.4, -0.2) is 10.9 Å². The summed E-state index contributed by atoms with van der Waals surface area (Å²) in [6.07, 6.45) is -7.65. The van der Waals surface area contributed by atoms with Gasteiger partial charge in [0, 0.05) is 12.2 Å². The molecule has 0 atom stereocenters. The molecule has 2 N–H and O–H groups in total. The van der Waals surface area contributed by atoms with Crippen molar-refractivity contribution in [3.8, 4) is 0 Å². The summed E-state index contributed by atoms with van der Waals surface area (Å²) in [5.41, 5.74) is -0.962. The first kappa shape index (κ1) is 21.6. The Morgan fingerprint density at radius 3 is 2.23 bits per heavy atom. The highest BCUT2D eigenvalue weighted by atomic mass is 32.1. The fraction of sp³-hybridized carbons (Fsp3) is 0.158. The van der Waals surface area contributed by atoms with Gasteiger partial charge in [-0.05, 0) is 42.0 Å². The van der Waals surface area contributed by atoms with Gasteiger partial charge in [-0.3, -0.25) is 4.79 Å². The van der Waals surface area contributed by atoms with Crippen LogP contribution in [0.3, 0.4) is 0 Å². The monoisotopic (exact) mass is 445 g/mol. The number of nitrogens with one attached hydrogen (secondary N) is 2. The highest BCUT2D eigenvalue weighted by molar-refractivity contribution is 7.17. The molecule has 0 saturated carbocycles. The Kier molecular flexibility index (Phi) is 6.01. The Bertz CT molecular complexity index is 1030. The second kappa shape index (κ2) is 8.34. The summed E-state index contributed by atoms with van der Waals surface area (Å²) in [7, 11) is 0. The van der Waals surface area contributed by atoms with Crippen LogP contribution in [0.1, 0.15) is 26.4 Å². The van der Waals surface area contributed by atoms with E-state index in [1.807, 2.05) is 0 Å². The summed E-state index contributed by atoms with van der Waals surface area (Å²) in [6, 6.07) is 8.90. The molecule has 0 bridgehead atoms. The van der Waals surface area contributed by atoms with E-state index < -0.39 is 29.4 Å². The van der Waals surface area contributed by atoms with Gasteiger partial charge in [-0.1, -0.05) is 23.5 Å². The van der Waals surface area contributed by atoms with E-state index in [9.17, 15) is 31.1 Å². The number of hydrogen-bond acceptors (Lipinski definition) is 4. The molecule has 1 heterocycles. The van der Waals surface area contributed by atoms with Crippen LogP contribution >= 0.6 is 11.3 Å². The molecule has 0 radical (unpaired) electrons. The number of anilines is 2. The number of halogens is 6. The maximum Gasteiger partial charge on any atom is 0.416 e. The molecule has 30 heavy (non-hydrogen) atoms. The van der Waals surface area contributed by atoms with Crippen molar-refractivity contribution in [2.24, 2.45) is 0 Å². The number of carbonyl (C=O) groups excluding carboxylic acids is 1. The number of nitrogens with zero attached hydrogens (tertiary/aromatic N) is 1. The molecule has 1 aromatic heterocycles. The average molecular weight is 445 g/mol. The van der Waals surface area contributed by atoms with E-state index in [1.165, 1.54) is 30.5 Å². The van der Waals surface area contributed by atoms with Gasteiger partial charge in [-0.15, -0.1) is 0 Å². The van der Waals surface area contributed by atoms with E-state index in [2.05, 4.69) is 15.6 Å². The number of alkyl halides is 6. The van der Waals surface area contributed by atoms with E-state index >= 15 is 0 Å². The van der Waals surface area contributed by atoms with Gasteiger partial charge >= 0.3 is 12.4 Å². The van der Waals surface area contributed by atoms with Gasteiger partial charge in [0.25, 0.3) is 5.91 Å². The lowest BCUT2D eigenvalue weighted by Crippen LogP contribution is -2.22. The molecule has 158 valence electrons. The maximum absolute atomic E-state index is 12.7. The van der Waals surface area contributed by atoms with Crippen LogP contribution in [0.5, 0.6) is 0 Å². The van der Waals surface area contributed by atoms with Crippen LogP contribution in [0.4, 0.5) is 37.2 Å². The molecule has 4 nitrogen and oxygen atoms in total. The van der Waals surface area contributed by atoms with Crippen molar-refractivity contribution in [2.45, 2.75) is 18.9 Å². The molecule has 0 aliphatic heterocycles. The highest BCUT2D eigenvalue weighted by Crippen LogP contribution is 2.31. The number of aromatic nitrogens is 1. The summed E-state index contributed by atoms with van der Waals surface area (Å²) in [5.74, 6) is -0.537. The minimum Gasteiger partial charge on any atom is -0.347 e. The van der Waals surface area contributed by atoms with Gasteiger partial charge in [0.05, 0.1) is 17.3 Å². The zero-order chi connectivity index (χ0) is 21.9. The minimum atomic E-state index is -4.48. The lowest BCUT2D eigenvalue weighted by molar-refractivity contribution is -0.138. The number of hydrogen-bond donors (Lipinski definition) is 2. The van der Waals surface area contributed by atoms with Gasteiger partial charge in [0.1, 0.15) is 4.88 Å². The summed E-state index contributed by atoms with van der Waals surface area (Å²) >= 11 is 0.952. The highest BCUT2D eigenvalue weighted by Gasteiger charge is 2.31. The summed E-state index contributed by atoms with van der Waals surface area (Å²) in [4.78, 5) is 16.4. The van der Waals surface area contributed by atoms with E-state index in [4.69, 9.17) is 0 Å². The molecule has 0 unspecified atom stereocenters. The van der Waals surface area contributed by atoms with Gasteiger partial charge in [-0.25, -0.2) is 4.98 Å². The van der Waals surface area contributed by atoms with Crippen LogP contribution in [0.25, 0.3) is 0 Å². The number of thiazole rings is 1. The predicted molar refractivity (Wildman–Crippen MR) is 99.5 cm³/mol. The summed E-state index contributed by atoms with van der Waals surface area (Å²) < 4.78 is 76.0. The molecule has 0 fully saturated rings. The van der Waals surface area contributed by atoms with Crippen LogP contribution < -0.4 is 10.6 Å². The third-order valence-electron chi connectivity index (χ3n) is 3.90. The van der Waals surface area contributed by atoms with Gasteiger partial charge in [0.2, 0.25) is 0 Å². The van der Waals surface area contributed by atoms with E-state index in [0.717, 1.165) is 35.6 Å². The standard InChI is InChI=1S/C19H13F6N3OS/c20-18(21,22)12-4-6-14(7-5-12)28-17-27-10-15(30-17)16(29)26-9-11-2-1-3-13(8-11)19(23,24)25/h1-8,10H,9H2,(H,26,29)(H,27,28). The zero-order valence-corrected chi connectivity index (χ0v) is 15.8. The zero-order valence-electron chi connectivity index (χ0n) is 14.9. The number of carbonyl (C=O) groups is 1. The van der Waals surface area contributed by atoms with Gasteiger partial charge in [0.15, 0.2) is 5.13 Å². The van der Waals surface area contributed by atoms with E-state index in [1.54, 1.807) is 0 Å². The number of rotatable bonds is 5. The first-order valence-electron chi connectivity index (χ1n) is 8.37. The Labute approximate surface area is 170 Å². The molecule has 11 heteroatoms. The summed E-state index contributed by atoms with van der Waals surface area (Å²) in [5, 5.41) is 5.57. The first-order valence-corrected chi connectivity index (χ1v) is 9.18. The van der Waals surface area contributed by atoms with Crippen molar-refractivity contribution < 1.29 is 31.1 Å².